The molecule has 2 aromatic rings. The van der Waals surface area contributed by atoms with Crippen molar-refractivity contribution in [3.63, 3.8) is 0 Å². The van der Waals surface area contributed by atoms with Crippen LogP contribution in [0.25, 0.3) is 0 Å². The molecular weight excluding hydrogens is 374 g/mol. The van der Waals surface area contributed by atoms with Gasteiger partial charge in [0.15, 0.2) is 0 Å². The van der Waals surface area contributed by atoms with E-state index in [9.17, 15) is 9.59 Å². The van der Waals surface area contributed by atoms with Gasteiger partial charge in [0.1, 0.15) is 17.2 Å². The monoisotopic (exact) mass is 401 g/mol. The molecule has 0 spiro atoms. The van der Waals surface area contributed by atoms with Gasteiger partial charge < -0.3 is 10.6 Å². The molecule has 3 N–H and O–H groups in total. The van der Waals surface area contributed by atoms with Crippen molar-refractivity contribution >= 4 is 28.2 Å². The van der Waals surface area contributed by atoms with Crippen molar-refractivity contribution in [1.82, 2.24) is 20.5 Å². The predicted octanol–water partition coefficient (Wildman–Crippen LogP) is 2.95. The third-order valence-electron chi connectivity index (χ3n) is 5.97. The predicted molar refractivity (Wildman–Crippen MR) is 108 cm³/mol. The lowest BCUT2D eigenvalue weighted by Gasteiger charge is -2.22. The van der Waals surface area contributed by atoms with Crippen LogP contribution in [0.4, 0.5) is 5.00 Å². The molecule has 3 aliphatic carbocycles. The molecule has 1 atom stereocenters. The number of aryl methyl sites for hydroxylation is 1. The quantitative estimate of drug-likeness (QED) is 0.664. The number of amides is 2. The highest BCUT2D eigenvalue weighted by Gasteiger charge is 2.34. The molecule has 2 heterocycles. The number of nitrogens with zero attached hydrogens (tertiary/aromatic N) is 2. The van der Waals surface area contributed by atoms with Gasteiger partial charge in [-0.3, -0.25) is 14.7 Å². The van der Waals surface area contributed by atoms with Crippen molar-refractivity contribution in [1.29, 1.82) is 0 Å². The van der Waals surface area contributed by atoms with Crippen LogP contribution in [0.1, 0.15) is 60.2 Å². The Kier molecular flexibility index (Phi) is 4.66. The van der Waals surface area contributed by atoms with Crippen LogP contribution in [0.15, 0.2) is 6.33 Å². The standard InChI is InChI=1S/C20H25N5O2S.H2/c26-18(13-4-5-13)24-20-17(19(27)21-9-11-1-2-11)14-7-12(3-6-15(14)28-20)8-16-22-10-23-25-16;/h10-13H,1-9H2,(H,21,27)(H,24,26)(H,22,23,25);1H. The molecule has 0 radical (unpaired) electrons. The smallest absolute Gasteiger partial charge is 0.254 e. The summed E-state index contributed by atoms with van der Waals surface area (Å²) in [6.07, 6.45) is 9.54. The largest absolute Gasteiger partial charge is 0.352 e. The second-order valence-corrected chi connectivity index (χ2v) is 9.48. The summed E-state index contributed by atoms with van der Waals surface area (Å²) in [5.41, 5.74) is 1.83. The highest BCUT2D eigenvalue weighted by atomic mass is 32.1. The van der Waals surface area contributed by atoms with Crippen LogP contribution in [0.3, 0.4) is 0 Å². The topological polar surface area (TPSA) is 99.8 Å². The van der Waals surface area contributed by atoms with Gasteiger partial charge in [-0.25, -0.2) is 4.98 Å². The Bertz CT molecular complexity index is 889. The van der Waals surface area contributed by atoms with Crippen LogP contribution in [0, 0.1) is 17.8 Å². The zero-order valence-corrected chi connectivity index (χ0v) is 16.6. The van der Waals surface area contributed by atoms with Gasteiger partial charge in [0.05, 0.1) is 5.56 Å². The van der Waals surface area contributed by atoms with E-state index in [4.69, 9.17) is 0 Å². The van der Waals surface area contributed by atoms with Gasteiger partial charge in [0.25, 0.3) is 5.91 Å². The van der Waals surface area contributed by atoms with Crippen molar-refractivity contribution in [2.24, 2.45) is 17.8 Å². The first kappa shape index (κ1) is 17.8. The van der Waals surface area contributed by atoms with Crippen molar-refractivity contribution in [3.8, 4) is 0 Å². The molecule has 0 aliphatic heterocycles. The normalized spacial score (nSPS) is 21.2. The van der Waals surface area contributed by atoms with E-state index in [1.165, 1.54) is 24.0 Å². The van der Waals surface area contributed by atoms with E-state index in [1.54, 1.807) is 11.3 Å². The summed E-state index contributed by atoms with van der Waals surface area (Å²) in [6.45, 7) is 0.737. The van der Waals surface area contributed by atoms with Crippen molar-refractivity contribution in [2.45, 2.75) is 51.4 Å². The zero-order valence-electron chi connectivity index (χ0n) is 15.8. The fourth-order valence-electron chi connectivity index (χ4n) is 3.97. The molecule has 2 fully saturated rings. The van der Waals surface area contributed by atoms with E-state index in [0.717, 1.165) is 61.5 Å². The van der Waals surface area contributed by atoms with Crippen LogP contribution in [0.5, 0.6) is 0 Å². The maximum Gasteiger partial charge on any atom is 0.254 e. The number of nitrogens with one attached hydrogen (secondary N) is 3. The average molecular weight is 402 g/mol. The number of carbonyl (C=O) groups is 2. The Morgan fingerprint density at radius 3 is 2.79 bits per heavy atom. The first-order valence-corrected chi connectivity index (χ1v) is 11.1. The Labute approximate surface area is 169 Å². The minimum Gasteiger partial charge on any atom is -0.352 e. The van der Waals surface area contributed by atoms with Crippen LogP contribution in [0.2, 0.25) is 0 Å². The summed E-state index contributed by atoms with van der Waals surface area (Å²) in [6, 6.07) is 0. The summed E-state index contributed by atoms with van der Waals surface area (Å²) >= 11 is 1.60. The van der Waals surface area contributed by atoms with Crippen molar-refractivity contribution in [2.75, 3.05) is 11.9 Å². The molecule has 3 aliphatic rings. The van der Waals surface area contributed by atoms with E-state index in [2.05, 4.69) is 25.8 Å². The highest BCUT2D eigenvalue weighted by Crippen LogP contribution is 2.41. The van der Waals surface area contributed by atoms with Crippen molar-refractivity contribution < 1.29 is 11.0 Å². The molecule has 28 heavy (non-hydrogen) atoms. The number of rotatable bonds is 7. The van der Waals surface area contributed by atoms with E-state index in [-0.39, 0.29) is 19.2 Å². The Morgan fingerprint density at radius 2 is 2.07 bits per heavy atom. The van der Waals surface area contributed by atoms with E-state index >= 15 is 0 Å². The van der Waals surface area contributed by atoms with Gasteiger partial charge in [0.2, 0.25) is 5.91 Å². The van der Waals surface area contributed by atoms with Gasteiger partial charge in [-0.15, -0.1) is 11.3 Å². The summed E-state index contributed by atoms with van der Waals surface area (Å²) in [5.74, 6) is 2.11. The third-order valence-corrected chi connectivity index (χ3v) is 7.18. The molecule has 8 heteroatoms. The van der Waals surface area contributed by atoms with Gasteiger partial charge in [-0.2, -0.15) is 5.10 Å². The SMILES string of the molecule is O=C(NCC1CC1)c1c(NC(=O)C2CC2)sc2c1CC(Cc1ncn[nH]1)CC2.[HH]. The first-order valence-electron chi connectivity index (χ1n) is 10.2. The lowest BCUT2D eigenvalue weighted by atomic mass is 9.84. The summed E-state index contributed by atoms with van der Waals surface area (Å²) in [7, 11) is 0. The number of H-pyrrole nitrogens is 1. The minimum absolute atomic E-state index is 0. The maximum absolute atomic E-state index is 13.0. The van der Waals surface area contributed by atoms with Crippen LogP contribution >= 0.6 is 11.3 Å². The number of fused-ring (bicyclic) bond motifs is 1. The lowest BCUT2D eigenvalue weighted by molar-refractivity contribution is -0.117. The van der Waals surface area contributed by atoms with E-state index in [0.29, 0.717) is 17.4 Å². The number of hydrogen-bond donors (Lipinski definition) is 3. The van der Waals surface area contributed by atoms with E-state index < -0.39 is 0 Å². The summed E-state index contributed by atoms with van der Waals surface area (Å²) in [4.78, 5) is 30.9. The van der Waals surface area contributed by atoms with Gasteiger partial charge >= 0.3 is 0 Å². The molecule has 7 nitrogen and oxygen atoms in total. The number of anilines is 1. The van der Waals surface area contributed by atoms with Crippen LogP contribution < -0.4 is 10.6 Å². The van der Waals surface area contributed by atoms with E-state index in [1.807, 2.05) is 0 Å². The number of aromatic nitrogens is 3. The van der Waals surface area contributed by atoms with Gasteiger partial charge in [-0.1, -0.05) is 0 Å². The highest BCUT2D eigenvalue weighted by molar-refractivity contribution is 7.17. The zero-order chi connectivity index (χ0) is 19.1. The minimum atomic E-state index is -0.0317. The molecule has 0 bridgehead atoms. The molecule has 2 saturated carbocycles. The van der Waals surface area contributed by atoms with Crippen LogP contribution in [-0.4, -0.2) is 33.5 Å². The summed E-state index contributed by atoms with van der Waals surface area (Å²) in [5, 5.41) is 13.8. The summed E-state index contributed by atoms with van der Waals surface area (Å²) < 4.78 is 0. The third kappa shape index (κ3) is 3.83. The molecule has 150 valence electrons. The molecule has 2 amide bonds. The van der Waals surface area contributed by atoms with Crippen LogP contribution in [-0.2, 0) is 24.1 Å². The molecule has 2 aromatic heterocycles. The second-order valence-electron chi connectivity index (χ2n) is 8.37. The fraction of sp³-hybridized carbons (Fsp3) is 0.600. The van der Waals surface area contributed by atoms with Gasteiger partial charge in [0, 0.05) is 25.2 Å². The molecule has 0 aromatic carbocycles. The Morgan fingerprint density at radius 1 is 1.21 bits per heavy atom. The average Bonchev–Trinajstić information content (AvgIpc) is 3.61. The Balaban J connectivity index is 0.00000205. The molecule has 0 saturated heterocycles. The molecule has 5 rings (SSSR count). The lowest BCUT2D eigenvalue weighted by Crippen LogP contribution is -2.28. The Hall–Kier alpha value is -2.22. The maximum atomic E-state index is 13.0. The molecular formula is C20H27N5O2S. The van der Waals surface area contributed by atoms with Crippen molar-refractivity contribution in [3.05, 3.63) is 28.2 Å². The second kappa shape index (κ2) is 7.31. The fourth-order valence-corrected chi connectivity index (χ4v) is 5.21. The molecule has 1 unspecified atom stereocenters. The number of aromatic amines is 1. The first-order chi connectivity index (χ1) is 13.7. The number of thiophene rings is 1. The van der Waals surface area contributed by atoms with Gasteiger partial charge in [-0.05, 0) is 62.3 Å². The number of carbonyl (C=O) groups excluding carboxylic acids is 2. The number of hydrogen-bond acceptors (Lipinski definition) is 5.